The van der Waals surface area contributed by atoms with Gasteiger partial charge in [0.15, 0.2) is 0 Å². The van der Waals surface area contributed by atoms with Crippen LogP contribution >= 0.6 is 0 Å². The predicted octanol–water partition coefficient (Wildman–Crippen LogP) is 1.38. The number of carbonyl (C=O) groups excluding carboxylic acids is 1. The van der Waals surface area contributed by atoms with Crippen molar-refractivity contribution in [2.24, 2.45) is 0 Å². The zero-order valence-corrected chi connectivity index (χ0v) is 10.7. The zero-order valence-electron chi connectivity index (χ0n) is 9.84. The Morgan fingerprint density at radius 3 is 2.37 bits per heavy atom. The number of sulfonamides is 1. The van der Waals surface area contributed by atoms with Gasteiger partial charge in [0.05, 0.1) is 6.26 Å². The van der Waals surface area contributed by atoms with E-state index in [4.69, 9.17) is 0 Å². The Bertz CT molecular complexity index is 567. The summed E-state index contributed by atoms with van der Waals surface area (Å²) in [5.74, 6) is -0.803. The molecule has 0 aliphatic heterocycles. The number of hydrogen-bond donors (Lipinski definition) is 1. The zero-order chi connectivity index (χ0) is 14.5. The van der Waals surface area contributed by atoms with Crippen LogP contribution in [0.5, 0.6) is 5.75 Å². The molecule has 0 heterocycles. The van der Waals surface area contributed by atoms with Gasteiger partial charge in [-0.3, -0.25) is 4.79 Å². The van der Waals surface area contributed by atoms with Crippen molar-refractivity contribution in [2.75, 3.05) is 6.26 Å². The molecular weight excluding hydrogens is 280 g/mol. The summed E-state index contributed by atoms with van der Waals surface area (Å²) in [6.07, 6.45) is 3.21. The van der Waals surface area contributed by atoms with Gasteiger partial charge in [0, 0.05) is 6.08 Å². The minimum absolute atomic E-state index is 0.00672. The molecule has 0 saturated carbocycles. The third kappa shape index (κ3) is 6.51. The minimum Gasteiger partial charge on any atom is -0.435 e. The third-order valence-electron chi connectivity index (χ3n) is 1.82. The van der Waals surface area contributed by atoms with Crippen LogP contribution in [0.1, 0.15) is 5.56 Å². The van der Waals surface area contributed by atoms with Crippen LogP contribution in [0.3, 0.4) is 0 Å². The quantitative estimate of drug-likeness (QED) is 0.832. The summed E-state index contributed by atoms with van der Waals surface area (Å²) in [6.45, 7) is -2.90. The van der Waals surface area contributed by atoms with Gasteiger partial charge in [-0.15, -0.1) is 0 Å². The maximum atomic E-state index is 11.9. The van der Waals surface area contributed by atoms with Crippen LogP contribution in [0.2, 0.25) is 0 Å². The highest BCUT2D eigenvalue weighted by Gasteiger charge is 2.05. The number of nitrogens with one attached hydrogen (secondary N) is 1. The monoisotopic (exact) mass is 291 g/mol. The maximum Gasteiger partial charge on any atom is 0.387 e. The van der Waals surface area contributed by atoms with Gasteiger partial charge < -0.3 is 4.74 Å². The molecule has 1 aromatic rings. The lowest BCUT2D eigenvalue weighted by atomic mass is 10.2. The van der Waals surface area contributed by atoms with Gasteiger partial charge in [0.2, 0.25) is 10.0 Å². The first kappa shape index (κ1) is 15.1. The van der Waals surface area contributed by atoms with Crippen LogP contribution in [0, 0.1) is 0 Å². The van der Waals surface area contributed by atoms with Crippen molar-refractivity contribution in [2.45, 2.75) is 6.61 Å². The molecule has 1 aromatic carbocycles. The van der Waals surface area contributed by atoms with E-state index in [-0.39, 0.29) is 5.75 Å². The van der Waals surface area contributed by atoms with Crippen molar-refractivity contribution < 1.29 is 26.7 Å². The molecule has 0 spiro atoms. The SMILES string of the molecule is CS(=O)(=O)NC(=O)/C=C/c1ccc(OC(F)F)cc1. The number of hydrogen-bond acceptors (Lipinski definition) is 4. The molecule has 5 nitrogen and oxygen atoms in total. The van der Waals surface area contributed by atoms with Crippen molar-refractivity contribution in [3.63, 3.8) is 0 Å². The largest absolute Gasteiger partial charge is 0.435 e. The number of alkyl halides is 2. The number of benzene rings is 1. The fourth-order valence-corrected chi connectivity index (χ4v) is 1.58. The Labute approximate surface area is 108 Å². The molecule has 1 N–H and O–H groups in total. The second-order valence-corrected chi connectivity index (χ2v) is 5.27. The molecule has 0 aliphatic carbocycles. The van der Waals surface area contributed by atoms with Crippen LogP contribution in [0.15, 0.2) is 30.3 Å². The average molecular weight is 291 g/mol. The van der Waals surface area contributed by atoms with E-state index >= 15 is 0 Å². The van der Waals surface area contributed by atoms with E-state index in [0.29, 0.717) is 5.56 Å². The summed E-state index contributed by atoms with van der Waals surface area (Å²) in [5.41, 5.74) is 0.533. The third-order valence-corrected chi connectivity index (χ3v) is 2.39. The van der Waals surface area contributed by atoms with E-state index in [0.717, 1.165) is 12.3 Å². The van der Waals surface area contributed by atoms with Crippen LogP contribution in [-0.4, -0.2) is 27.2 Å². The molecular formula is C11H11F2NO4S. The van der Waals surface area contributed by atoms with E-state index < -0.39 is 22.5 Å². The lowest BCUT2D eigenvalue weighted by Gasteiger charge is -2.03. The fourth-order valence-electron chi connectivity index (χ4n) is 1.15. The average Bonchev–Trinajstić information content (AvgIpc) is 2.25. The molecule has 0 unspecified atom stereocenters. The molecule has 104 valence electrons. The predicted molar refractivity (Wildman–Crippen MR) is 65.1 cm³/mol. The first-order chi connectivity index (χ1) is 8.76. The van der Waals surface area contributed by atoms with Crippen LogP contribution in [0.25, 0.3) is 6.08 Å². The Morgan fingerprint density at radius 1 is 1.32 bits per heavy atom. The molecule has 0 bridgehead atoms. The molecule has 19 heavy (non-hydrogen) atoms. The number of rotatable bonds is 5. The summed E-state index contributed by atoms with van der Waals surface area (Å²) in [7, 11) is -3.60. The van der Waals surface area contributed by atoms with Crippen molar-refractivity contribution >= 4 is 22.0 Å². The van der Waals surface area contributed by atoms with Gasteiger partial charge in [0.25, 0.3) is 5.91 Å². The summed E-state index contributed by atoms with van der Waals surface area (Å²) in [4.78, 5) is 11.1. The Hall–Kier alpha value is -1.96. The topological polar surface area (TPSA) is 72.5 Å². The molecule has 0 aliphatic rings. The lowest BCUT2D eigenvalue weighted by molar-refractivity contribution is -0.114. The van der Waals surface area contributed by atoms with Crippen LogP contribution in [0.4, 0.5) is 8.78 Å². The standard InChI is InChI=1S/C11H11F2NO4S/c1-19(16,17)14-10(15)7-4-8-2-5-9(6-3-8)18-11(12)13/h2-7,11H,1H3,(H,14,15)/b7-4+. The molecule has 0 atom stereocenters. The second kappa shape index (κ2) is 6.28. The van der Waals surface area contributed by atoms with Gasteiger partial charge >= 0.3 is 6.61 Å². The maximum absolute atomic E-state index is 11.9. The summed E-state index contributed by atoms with van der Waals surface area (Å²) in [5, 5.41) is 0. The molecule has 1 amide bonds. The lowest BCUT2D eigenvalue weighted by Crippen LogP contribution is -2.27. The van der Waals surface area contributed by atoms with Crippen LogP contribution in [-0.2, 0) is 14.8 Å². The summed E-state index contributed by atoms with van der Waals surface area (Å²) in [6, 6.07) is 5.50. The Balaban J connectivity index is 2.65. The first-order valence-electron chi connectivity index (χ1n) is 5.01. The molecule has 0 fully saturated rings. The van der Waals surface area contributed by atoms with E-state index in [1.165, 1.54) is 30.3 Å². The van der Waals surface area contributed by atoms with Crippen molar-refractivity contribution in [3.8, 4) is 5.75 Å². The number of ether oxygens (including phenoxy) is 1. The fraction of sp³-hybridized carbons (Fsp3) is 0.182. The van der Waals surface area contributed by atoms with Gasteiger partial charge in [-0.05, 0) is 23.8 Å². The van der Waals surface area contributed by atoms with Crippen molar-refractivity contribution in [1.29, 1.82) is 0 Å². The number of halogens is 2. The van der Waals surface area contributed by atoms with E-state index in [9.17, 15) is 22.0 Å². The Kier molecular flexibility index (Phi) is 4.99. The van der Waals surface area contributed by atoms with Crippen molar-refractivity contribution in [1.82, 2.24) is 4.72 Å². The van der Waals surface area contributed by atoms with Gasteiger partial charge in [-0.2, -0.15) is 8.78 Å². The van der Waals surface area contributed by atoms with Gasteiger partial charge in [-0.1, -0.05) is 12.1 Å². The highest BCUT2D eigenvalue weighted by molar-refractivity contribution is 7.89. The minimum atomic E-state index is -3.60. The normalized spacial score (nSPS) is 11.8. The van der Waals surface area contributed by atoms with Gasteiger partial charge in [0.1, 0.15) is 5.75 Å². The summed E-state index contributed by atoms with van der Waals surface area (Å²) < 4.78 is 51.2. The first-order valence-corrected chi connectivity index (χ1v) is 6.90. The number of amides is 1. The molecule has 1 rings (SSSR count). The van der Waals surface area contributed by atoms with E-state index in [1.807, 2.05) is 0 Å². The molecule has 0 aromatic heterocycles. The van der Waals surface area contributed by atoms with Crippen LogP contribution < -0.4 is 9.46 Å². The highest BCUT2D eigenvalue weighted by Crippen LogP contribution is 2.15. The molecule has 8 heteroatoms. The second-order valence-electron chi connectivity index (χ2n) is 3.52. The smallest absolute Gasteiger partial charge is 0.387 e. The molecule has 0 radical (unpaired) electrons. The van der Waals surface area contributed by atoms with E-state index in [2.05, 4.69) is 4.74 Å². The van der Waals surface area contributed by atoms with Crippen molar-refractivity contribution in [3.05, 3.63) is 35.9 Å². The van der Waals surface area contributed by atoms with E-state index in [1.54, 1.807) is 4.72 Å². The van der Waals surface area contributed by atoms with Gasteiger partial charge in [-0.25, -0.2) is 13.1 Å². The highest BCUT2D eigenvalue weighted by atomic mass is 32.2. The molecule has 0 saturated heterocycles. The number of carbonyl (C=O) groups is 1. The summed E-state index contributed by atoms with van der Waals surface area (Å²) >= 11 is 0. The Morgan fingerprint density at radius 2 is 1.89 bits per heavy atom.